The topological polar surface area (TPSA) is 12.0 Å². The summed E-state index contributed by atoms with van der Waals surface area (Å²) < 4.78 is 13.5. The quantitative estimate of drug-likeness (QED) is 0.800. The summed E-state index contributed by atoms with van der Waals surface area (Å²) in [7, 11) is 0. The van der Waals surface area contributed by atoms with E-state index in [1.165, 1.54) is 6.07 Å². The van der Waals surface area contributed by atoms with E-state index >= 15 is 0 Å². The zero-order valence-corrected chi connectivity index (χ0v) is 11.5. The molecule has 0 saturated heterocycles. The van der Waals surface area contributed by atoms with Crippen LogP contribution in [0.3, 0.4) is 0 Å². The Hall–Kier alpha value is -0.960. The average Bonchev–Trinajstić information content (AvgIpc) is 2.26. The zero-order chi connectivity index (χ0) is 13.1. The highest BCUT2D eigenvalue weighted by atomic mass is 35.5. The van der Waals surface area contributed by atoms with Gasteiger partial charge in [-0.2, -0.15) is 0 Å². The van der Waals surface area contributed by atoms with Crippen molar-refractivity contribution in [2.24, 2.45) is 0 Å². The van der Waals surface area contributed by atoms with E-state index in [9.17, 15) is 4.39 Å². The van der Waals surface area contributed by atoms with Crippen LogP contribution in [-0.2, 0) is 6.54 Å². The van der Waals surface area contributed by atoms with Crippen molar-refractivity contribution < 1.29 is 4.39 Å². The van der Waals surface area contributed by atoms with Crippen LogP contribution < -0.4 is 5.32 Å². The van der Waals surface area contributed by atoms with Crippen LogP contribution in [0.15, 0.2) is 36.4 Å². The molecule has 0 bridgehead atoms. The number of hydrogen-bond donors (Lipinski definition) is 1. The predicted molar refractivity (Wildman–Crippen MR) is 75.2 cm³/mol. The normalized spacial score (nSPS) is 10.4. The van der Waals surface area contributed by atoms with Crippen molar-refractivity contribution in [3.63, 3.8) is 0 Å². The van der Waals surface area contributed by atoms with Gasteiger partial charge in [0.2, 0.25) is 0 Å². The summed E-state index contributed by atoms with van der Waals surface area (Å²) in [5.41, 5.74) is 1.26. The molecule has 2 rings (SSSR count). The molecule has 0 fully saturated rings. The van der Waals surface area contributed by atoms with Crippen molar-refractivity contribution in [3.05, 3.63) is 62.8 Å². The first-order valence-electron chi connectivity index (χ1n) is 5.18. The highest BCUT2D eigenvalue weighted by molar-refractivity contribution is 6.34. The molecular formula is C13H9Cl3FN. The van der Waals surface area contributed by atoms with E-state index < -0.39 is 5.82 Å². The molecule has 0 amide bonds. The predicted octanol–water partition coefficient (Wildman–Crippen LogP) is 5.40. The Morgan fingerprint density at radius 3 is 2.17 bits per heavy atom. The van der Waals surface area contributed by atoms with Crippen LogP contribution in [0.4, 0.5) is 10.1 Å². The Bertz CT molecular complexity index is 552. The minimum atomic E-state index is -0.393. The molecule has 0 atom stereocenters. The fourth-order valence-electron chi connectivity index (χ4n) is 1.54. The molecule has 2 aromatic carbocycles. The lowest BCUT2D eigenvalue weighted by molar-refractivity contribution is 0.630. The van der Waals surface area contributed by atoms with Gasteiger partial charge in [-0.15, -0.1) is 0 Å². The Morgan fingerprint density at radius 2 is 1.56 bits per heavy atom. The van der Waals surface area contributed by atoms with Gasteiger partial charge in [0, 0.05) is 21.6 Å². The van der Waals surface area contributed by atoms with Crippen LogP contribution in [-0.4, -0.2) is 0 Å². The van der Waals surface area contributed by atoms with Crippen LogP contribution in [0.2, 0.25) is 15.1 Å². The molecule has 1 nitrogen and oxygen atoms in total. The number of rotatable bonds is 3. The van der Waals surface area contributed by atoms with Crippen LogP contribution >= 0.6 is 34.8 Å². The Balaban J connectivity index is 2.11. The molecule has 0 saturated carbocycles. The van der Waals surface area contributed by atoms with Gasteiger partial charge in [0.25, 0.3) is 0 Å². The van der Waals surface area contributed by atoms with E-state index in [0.29, 0.717) is 27.3 Å². The number of benzene rings is 2. The third-order valence-corrected chi connectivity index (χ3v) is 3.01. The molecule has 0 aliphatic rings. The summed E-state index contributed by atoms with van der Waals surface area (Å²) in [4.78, 5) is 0. The van der Waals surface area contributed by atoms with Crippen LogP contribution in [0, 0.1) is 5.82 Å². The zero-order valence-electron chi connectivity index (χ0n) is 9.18. The van der Waals surface area contributed by atoms with E-state index in [1.807, 2.05) is 0 Å². The fraction of sp³-hybridized carbons (Fsp3) is 0.0769. The van der Waals surface area contributed by atoms with Gasteiger partial charge in [-0.05, 0) is 42.0 Å². The summed E-state index contributed by atoms with van der Waals surface area (Å²) in [6.07, 6.45) is 0. The van der Waals surface area contributed by atoms with E-state index in [0.717, 1.165) is 5.56 Å². The summed E-state index contributed by atoms with van der Waals surface area (Å²) in [5.74, 6) is -0.393. The number of nitrogens with one attached hydrogen (secondary N) is 1. The van der Waals surface area contributed by atoms with Crippen LogP contribution in [0.5, 0.6) is 0 Å². The monoisotopic (exact) mass is 303 g/mol. The summed E-state index contributed by atoms with van der Waals surface area (Å²) in [6, 6.07) is 9.66. The van der Waals surface area contributed by atoms with Crippen molar-refractivity contribution in [3.8, 4) is 0 Å². The Morgan fingerprint density at radius 1 is 0.889 bits per heavy atom. The second-order valence-corrected chi connectivity index (χ2v) is 5.06. The molecule has 0 heterocycles. The van der Waals surface area contributed by atoms with Gasteiger partial charge in [-0.3, -0.25) is 0 Å². The summed E-state index contributed by atoms with van der Waals surface area (Å²) in [5, 5.41) is 4.43. The maximum absolute atomic E-state index is 13.5. The molecule has 0 unspecified atom stereocenters. The lowest BCUT2D eigenvalue weighted by Crippen LogP contribution is -2.01. The highest BCUT2D eigenvalue weighted by Gasteiger charge is 2.03. The molecular weight excluding hydrogens is 296 g/mol. The number of hydrogen-bond acceptors (Lipinski definition) is 1. The molecule has 2 aromatic rings. The van der Waals surface area contributed by atoms with Crippen molar-refractivity contribution in [1.82, 2.24) is 0 Å². The molecule has 94 valence electrons. The van der Waals surface area contributed by atoms with E-state index in [-0.39, 0.29) is 0 Å². The van der Waals surface area contributed by atoms with Gasteiger partial charge < -0.3 is 5.32 Å². The smallest absolute Gasteiger partial charge is 0.147 e. The first-order valence-corrected chi connectivity index (χ1v) is 6.32. The molecule has 1 N–H and O–H groups in total. The van der Waals surface area contributed by atoms with Gasteiger partial charge in [0.15, 0.2) is 0 Å². The molecule has 0 spiro atoms. The summed E-state index contributed by atoms with van der Waals surface area (Å²) in [6.45, 7) is 0.429. The number of anilines is 1. The molecule has 0 radical (unpaired) electrons. The standard InChI is InChI=1S/C13H9Cl3FN/c14-9-1-2-13(12(17)6-9)18-7-8-3-10(15)5-11(16)4-8/h1-6,18H,7H2. The van der Waals surface area contributed by atoms with Crippen LogP contribution in [0.25, 0.3) is 0 Å². The van der Waals surface area contributed by atoms with E-state index in [1.54, 1.807) is 30.3 Å². The highest BCUT2D eigenvalue weighted by Crippen LogP contribution is 2.22. The van der Waals surface area contributed by atoms with Crippen molar-refractivity contribution in [2.75, 3.05) is 5.32 Å². The van der Waals surface area contributed by atoms with Gasteiger partial charge in [-0.25, -0.2) is 4.39 Å². The van der Waals surface area contributed by atoms with Crippen molar-refractivity contribution in [2.45, 2.75) is 6.54 Å². The molecule has 0 aliphatic carbocycles. The van der Waals surface area contributed by atoms with Gasteiger partial charge in [0.1, 0.15) is 5.82 Å². The first-order chi connectivity index (χ1) is 8.54. The Labute approximate surface area is 119 Å². The van der Waals surface area contributed by atoms with Crippen LogP contribution in [0.1, 0.15) is 5.56 Å². The first kappa shape index (κ1) is 13.5. The molecule has 5 heteroatoms. The minimum Gasteiger partial charge on any atom is -0.379 e. The number of halogens is 4. The fourth-order valence-corrected chi connectivity index (χ4v) is 2.27. The summed E-state index contributed by atoms with van der Waals surface area (Å²) >= 11 is 17.4. The second-order valence-electron chi connectivity index (χ2n) is 3.76. The van der Waals surface area contributed by atoms with Crippen molar-refractivity contribution >= 4 is 40.5 Å². The lowest BCUT2D eigenvalue weighted by Gasteiger charge is -2.08. The van der Waals surface area contributed by atoms with Crippen molar-refractivity contribution in [1.29, 1.82) is 0 Å². The second kappa shape index (κ2) is 5.79. The molecule has 0 aromatic heterocycles. The van der Waals surface area contributed by atoms with E-state index in [4.69, 9.17) is 34.8 Å². The average molecular weight is 305 g/mol. The lowest BCUT2D eigenvalue weighted by atomic mass is 10.2. The van der Waals surface area contributed by atoms with Gasteiger partial charge in [0.05, 0.1) is 5.69 Å². The third kappa shape index (κ3) is 3.52. The SMILES string of the molecule is Fc1cc(Cl)ccc1NCc1cc(Cl)cc(Cl)c1. The molecule has 18 heavy (non-hydrogen) atoms. The maximum Gasteiger partial charge on any atom is 0.147 e. The largest absolute Gasteiger partial charge is 0.379 e. The molecule has 0 aliphatic heterocycles. The third-order valence-electron chi connectivity index (χ3n) is 2.34. The van der Waals surface area contributed by atoms with Gasteiger partial charge >= 0.3 is 0 Å². The minimum absolute atomic E-state index is 0.365. The maximum atomic E-state index is 13.5. The van der Waals surface area contributed by atoms with E-state index in [2.05, 4.69) is 5.32 Å². The Kier molecular flexibility index (Phi) is 4.33. The van der Waals surface area contributed by atoms with Gasteiger partial charge in [-0.1, -0.05) is 34.8 Å².